The lowest BCUT2D eigenvalue weighted by Crippen LogP contribution is -2.44. The van der Waals surface area contributed by atoms with Crippen LogP contribution in [0.2, 0.25) is 0 Å². The summed E-state index contributed by atoms with van der Waals surface area (Å²) in [5, 5.41) is 3.84. The molecule has 26 heavy (non-hydrogen) atoms. The van der Waals surface area contributed by atoms with Crippen molar-refractivity contribution in [2.24, 2.45) is 5.92 Å². The van der Waals surface area contributed by atoms with Crippen LogP contribution >= 0.6 is 11.3 Å². The van der Waals surface area contributed by atoms with E-state index in [0.717, 1.165) is 21.6 Å². The minimum atomic E-state index is -0.169. The molecule has 1 aliphatic carbocycles. The molecule has 2 aromatic rings. The number of aromatic nitrogens is 1. The Labute approximate surface area is 158 Å². The Bertz CT molecular complexity index is 794. The molecular formula is C20H25N3O2S. The molecule has 0 saturated carbocycles. The van der Waals surface area contributed by atoms with Gasteiger partial charge in [-0.25, -0.2) is 4.98 Å². The molecule has 2 amide bonds. The van der Waals surface area contributed by atoms with Crippen molar-refractivity contribution in [2.45, 2.75) is 38.6 Å². The van der Waals surface area contributed by atoms with Gasteiger partial charge in [-0.05, 0) is 38.8 Å². The van der Waals surface area contributed by atoms with Crippen molar-refractivity contribution < 1.29 is 9.59 Å². The quantitative estimate of drug-likeness (QED) is 0.820. The van der Waals surface area contributed by atoms with E-state index in [1.54, 1.807) is 23.3 Å². The van der Waals surface area contributed by atoms with E-state index < -0.39 is 0 Å². The number of benzene rings is 1. The van der Waals surface area contributed by atoms with Gasteiger partial charge in [-0.1, -0.05) is 24.3 Å². The highest BCUT2D eigenvalue weighted by molar-refractivity contribution is 7.18. The van der Waals surface area contributed by atoms with Crippen molar-refractivity contribution in [3.63, 3.8) is 0 Å². The van der Waals surface area contributed by atoms with Crippen molar-refractivity contribution in [3.8, 4) is 0 Å². The second-order valence-electron chi connectivity index (χ2n) is 7.09. The molecule has 1 aromatic heterocycles. The van der Waals surface area contributed by atoms with E-state index in [2.05, 4.69) is 23.5 Å². The molecule has 1 aromatic carbocycles. The Morgan fingerprint density at radius 3 is 2.73 bits per heavy atom. The normalized spacial score (nSPS) is 19.7. The van der Waals surface area contributed by atoms with Gasteiger partial charge in [0.05, 0.1) is 27.7 Å². The Balaban J connectivity index is 1.77. The molecule has 6 heteroatoms. The zero-order valence-corrected chi connectivity index (χ0v) is 16.3. The SMILES string of the molecule is CC(C)NC(=O)CN(C)C(=O)C1CC=CCC1c1nc2ccccc2s1. The summed E-state index contributed by atoms with van der Waals surface area (Å²) in [4.78, 5) is 31.3. The number of allylic oxidation sites excluding steroid dienone is 2. The molecular weight excluding hydrogens is 346 g/mol. The van der Waals surface area contributed by atoms with Crippen LogP contribution in [0.5, 0.6) is 0 Å². The van der Waals surface area contributed by atoms with E-state index in [0.29, 0.717) is 6.42 Å². The number of para-hydroxylation sites is 1. The van der Waals surface area contributed by atoms with Crippen LogP contribution in [0.25, 0.3) is 10.2 Å². The van der Waals surface area contributed by atoms with Gasteiger partial charge in [-0.2, -0.15) is 0 Å². The summed E-state index contributed by atoms with van der Waals surface area (Å²) in [5.41, 5.74) is 0.984. The standard InChI is InChI=1S/C20H25N3O2S/c1-13(2)21-18(24)12-23(3)20(25)15-9-5-4-8-14(15)19-22-16-10-6-7-11-17(16)26-19/h4-7,10-11,13-15H,8-9,12H2,1-3H3,(H,21,24). The predicted octanol–water partition coefficient (Wildman–Crippen LogP) is 3.33. The molecule has 2 unspecified atom stereocenters. The van der Waals surface area contributed by atoms with Gasteiger partial charge in [-0.15, -0.1) is 11.3 Å². The van der Waals surface area contributed by atoms with Crippen LogP contribution in [0.15, 0.2) is 36.4 Å². The number of nitrogens with zero attached hydrogens (tertiary/aromatic N) is 2. The second kappa shape index (κ2) is 7.99. The smallest absolute Gasteiger partial charge is 0.239 e. The van der Waals surface area contributed by atoms with Gasteiger partial charge < -0.3 is 10.2 Å². The third-order valence-electron chi connectivity index (χ3n) is 4.58. The van der Waals surface area contributed by atoms with Crippen LogP contribution in [0.3, 0.4) is 0 Å². The highest BCUT2D eigenvalue weighted by atomic mass is 32.1. The molecule has 138 valence electrons. The van der Waals surface area contributed by atoms with Gasteiger partial charge in [-0.3, -0.25) is 9.59 Å². The number of nitrogens with one attached hydrogen (secondary N) is 1. The molecule has 5 nitrogen and oxygen atoms in total. The number of likely N-dealkylation sites (N-methyl/N-ethyl adjacent to an activating group) is 1. The van der Waals surface area contributed by atoms with Crippen LogP contribution in [0.4, 0.5) is 0 Å². The van der Waals surface area contributed by atoms with Crippen molar-refractivity contribution >= 4 is 33.4 Å². The first-order valence-corrected chi connectivity index (χ1v) is 9.82. The summed E-state index contributed by atoms with van der Waals surface area (Å²) in [6, 6.07) is 8.13. The molecule has 0 radical (unpaired) electrons. The van der Waals surface area contributed by atoms with Crippen molar-refractivity contribution in [3.05, 3.63) is 41.4 Å². The first-order chi connectivity index (χ1) is 12.5. The summed E-state index contributed by atoms with van der Waals surface area (Å²) in [6.07, 6.45) is 5.69. The van der Waals surface area contributed by atoms with E-state index in [9.17, 15) is 9.59 Å². The van der Waals surface area contributed by atoms with Crippen LogP contribution in [0.1, 0.15) is 37.6 Å². The van der Waals surface area contributed by atoms with Crippen LogP contribution in [0, 0.1) is 5.92 Å². The van der Waals surface area contributed by atoms with Gasteiger partial charge in [0, 0.05) is 19.0 Å². The maximum absolute atomic E-state index is 13.0. The fourth-order valence-electron chi connectivity index (χ4n) is 3.35. The maximum atomic E-state index is 13.0. The van der Waals surface area contributed by atoms with Crippen molar-refractivity contribution in [2.75, 3.05) is 13.6 Å². The topological polar surface area (TPSA) is 62.3 Å². The highest BCUT2D eigenvalue weighted by Gasteiger charge is 2.34. The monoisotopic (exact) mass is 371 g/mol. The van der Waals surface area contributed by atoms with E-state index in [4.69, 9.17) is 4.98 Å². The van der Waals surface area contributed by atoms with E-state index in [1.165, 1.54) is 0 Å². The molecule has 0 fully saturated rings. The first kappa shape index (κ1) is 18.6. The van der Waals surface area contributed by atoms with Crippen LogP contribution in [-0.2, 0) is 9.59 Å². The second-order valence-corrected chi connectivity index (χ2v) is 8.15. The molecule has 3 rings (SSSR count). The Hall–Kier alpha value is -2.21. The third-order valence-corrected chi connectivity index (χ3v) is 5.75. The average molecular weight is 372 g/mol. The molecule has 2 atom stereocenters. The van der Waals surface area contributed by atoms with Gasteiger partial charge >= 0.3 is 0 Å². The summed E-state index contributed by atoms with van der Waals surface area (Å²) >= 11 is 1.66. The number of thiazole rings is 1. The number of hydrogen-bond acceptors (Lipinski definition) is 4. The summed E-state index contributed by atoms with van der Waals surface area (Å²) in [6.45, 7) is 3.91. The lowest BCUT2D eigenvalue weighted by atomic mass is 9.82. The number of fused-ring (bicyclic) bond motifs is 1. The number of amides is 2. The van der Waals surface area contributed by atoms with Gasteiger partial charge in [0.2, 0.25) is 11.8 Å². The third kappa shape index (κ3) is 4.12. The fraction of sp³-hybridized carbons (Fsp3) is 0.450. The zero-order valence-electron chi connectivity index (χ0n) is 15.4. The Morgan fingerprint density at radius 1 is 1.27 bits per heavy atom. The molecule has 0 spiro atoms. The van der Waals surface area contributed by atoms with E-state index in [-0.39, 0.29) is 36.2 Å². The van der Waals surface area contributed by atoms with Crippen LogP contribution in [-0.4, -0.2) is 41.3 Å². The minimum absolute atomic E-state index is 0.0116. The highest BCUT2D eigenvalue weighted by Crippen LogP contribution is 2.39. The fourth-order valence-corrected chi connectivity index (χ4v) is 4.50. The number of hydrogen-bond donors (Lipinski definition) is 1. The molecule has 1 N–H and O–H groups in total. The molecule has 0 bridgehead atoms. The van der Waals surface area contributed by atoms with Gasteiger partial charge in [0.1, 0.15) is 0 Å². The summed E-state index contributed by atoms with van der Waals surface area (Å²) in [7, 11) is 1.70. The van der Waals surface area contributed by atoms with Crippen molar-refractivity contribution in [1.29, 1.82) is 0 Å². The van der Waals surface area contributed by atoms with Crippen LogP contribution < -0.4 is 5.32 Å². The number of carbonyl (C=O) groups excluding carboxylic acids is 2. The Kier molecular flexibility index (Phi) is 5.71. The summed E-state index contributed by atoms with van der Waals surface area (Å²) < 4.78 is 1.15. The zero-order chi connectivity index (χ0) is 18.7. The summed E-state index contributed by atoms with van der Waals surface area (Å²) in [5.74, 6) is -0.214. The molecule has 1 aliphatic rings. The average Bonchev–Trinajstić information content (AvgIpc) is 3.04. The molecule has 0 aliphatic heterocycles. The Morgan fingerprint density at radius 2 is 2.00 bits per heavy atom. The molecule has 1 heterocycles. The first-order valence-electron chi connectivity index (χ1n) is 9.00. The maximum Gasteiger partial charge on any atom is 0.239 e. The van der Waals surface area contributed by atoms with E-state index in [1.807, 2.05) is 32.0 Å². The largest absolute Gasteiger partial charge is 0.352 e. The van der Waals surface area contributed by atoms with Crippen molar-refractivity contribution in [1.82, 2.24) is 15.2 Å². The van der Waals surface area contributed by atoms with Gasteiger partial charge in [0.25, 0.3) is 0 Å². The van der Waals surface area contributed by atoms with E-state index >= 15 is 0 Å². The van der Waals surface area contributed by atoms with Gasteiger partial charge in [0.15, 0.2) is 0 Å². The molecule has 0 saturated heterocycles. The predicted molar refractivity (Wildman–Crippen MR) is 105 cm³/mol. The number of rotatable bonds is 5. The minimum Gasteiger partial charge on any atom is -0.352 e. The lowest BCUT2D eigenvalue weighted by molar-refractivity contribution is -0.138. The lowest BCUT2D eigenvalue weighted by Gasteiger charge is -2.29. The number of carbonyl (C=O) groups is 2.